The van der Waals surface area contributed by atoms with Gasteiger partial charge in [0.2, 0.25) is 5.78 Å². The molecule has 1 saturated heterocycles. The van der Waals surface area contributed by atoms with Crippen molar-refractivity contribution in [2.75, 3.05) is 6.54 Å². The van der Waals surface area contributed by atoms with Crippen LogP contribution in [-0.4, -0.2) is 48.8 Å². The molecule has 98 valence electrons. The molecule has 1 unspecified atom stereocenters. The first-order valence-electron chi connectivity index (χ1n) is 6.00. The van der Waals surface area contributed by atoms with Gasteiger partial charge in [0, 0.05) is 25.1 Å². The lowest BCUT2D eigenvalue weighted by Gasteiger charge is -2.19. The van der Waals surface area contributed by atoms with E-state index in [-0.39, 0.29) is 11.6 Å². The predicted octanol–water partition coefficient (Wildman–Crippen LogP) is 0.418. The molecule has 3 rings (SSSR count). The summed E-state index contributed by atoms with van der Waals surface area (Å²) < 4.78 is 1.64. The van der Waals surface area contributed by atoms with E-state index in [9.17, 15) is 9.59 Å². The van der Waals surface area contributed by atoms with Gasteiger partial charge in [-0.1, -0.05) is 0 Å². The van der Waals surface area contributed by atoms with Gasteiger partial charge < -0.3 is 10.0 Å². The third-order valence-corrected chi connectivity index (χ3v) is 3.25. The number of aromatic nitrogens is 3. The Hall–Kier alpha value is -2.44. The van der Waals surface area contributed by atoms with Gasteiger partial charge in [0.15, 0.2) is 0 Å². The number of aliphatic carboxylic acids is 1. The van der Waals surface area contributed by atoms with Crippen molar-refractivity contribution in [3.8, 4) is 0 Å². The van der Waals surface area contributed by atoms with Crippen LogP contribution in [0.1, 0.15) is 23.3 Å². The summed E-state index contributed by atoms with van der Waals surface area (Å²) >= 11 is 0. The number of hydrogen-bond donors (Lipinski definition) is 1. The van der Waals surface area contributed by atoms with E-state index in [0.29, 0.717) is 25.2 Å². The van der Waals surface area contributed by atoms with Crippen LogP contribution in [0.15, 0.2) is 24.7 Å². The molecule has 1 N–H and O–H groups in total. The quantitative estimate of drug-likeness (QED) is 0.845. The van der Waals surface area contributed by atoms with E-state index in [1.54, 1.807) is 29.1 Å². The van der Waals surface area contributed by atoms with Gasteiger partial charge in [-0.05, 0) is 18.9 Å². The molecule has 1 amide bonds. The summed E-state index contributed by atoms with van der Waals surface area (Å²) in [7, 11) is 0. The maximum absolute atomic E-state index is 12.3. The third-order valence-electron chi connectivity index (χ3n) is 3.25. The second-order valence-corrected chi connectivity index (χ2v) is 4.45. The summed E-state index contributed by atoms with van der Waals surface area (Å²) in [5, 5.41) is 9.09. The normalized spacial score (nSPS) is 18.9. The van der Waals surface area contributed by atoms with Crippen molar-refractivity contribution in [3.63, 3.8) is 0 Å². The van der Waals surface area contributed by atoms with E-state index >= 15 is 0 Å². The second-order valence-electron chi connectivity index (χ2n) is 4.45. The molecule has 7 nitrogen and oxygen atoms in total. The van der Waals surface area contributed by atoms with E-state index in [1.807, 2.05) is 0 Å². The first kappa shape index (κ1) is 11.6. The van der Waals surface area contributed by atoms with Gasteiger partial charge in [0.1, 0.15) is 11.7 Å². The van der Waals surface area contributed by atoms with Crippen LogP contribution in [0.2, 0.25) is 0 Å². The number of nitrogens with zero attached hydrogens (tertiary/aromatic N) is 4. The van der Waals surface area contributed by atoms with E-state index in [4.69, 9.17) is 5.11 Å². The Bertz CT molecular complexity index is 618. The minimum Gasteiger partial charge on any atom is -0.480 e. The highest BCUT2D eigenvalue weighted by Gasteiger charge is 2.35. The number of carboxylic acids is 1. The Labute approximate surface area is 108 Å². The van der Waals surface area contributed by atoms with Crippen LogP contribution in [0.4, 0.5) is 0 Å². The zero-order chi connectivity index (χ0) is 13.4. The van der Waals surface area contributed by atoms with Crippen LogP contribution < -0.4 is 0 Å². The molecule has 0 saturated carbocycles. The molecule has 3 heterocycles. The van der Waals surface area contributed by atoms with Gasteiger partial charge in [0.25, 0.3) is 5.91 Å². The molecule has 19 heavy (non-hydrogen) atoms. The van der Waals surface area contributed by atoms with E-state index in [1.165, 1.54) is 4.90 Å². The summed E-state index contributed by atoms with van der Waals surface area (Å²) in [5.41, 5.74) is 0.229. The minimum atomic E-state index is -0.965. The van der Waals surface area contributed by atoms with Crippen LogP contribution in [-0.2, 0) is 4.79 Å². The topological polar surface area (TPSA) is 87.8 Å². The molecule has 0 aliphatic carbocycles. The minimum absolute atomic E-state index is 0.229. The Balaban J connectivity index is 1.93. The fraction of sp³-hybridized carbons (Fsp3) is 0.333. The summed E-state index contributed by atoms with van der Waals surface area (Å²) in [5.74, 6) is -0.889. The molecule has 7 heteroatoms. The van der Waals surface area contributed by atoms with Crippen molar-refractivity contribution < 1.29 is 14.7 Å². The molecule has 0 spiro atoms. The van der Waals surface area contributed by atoms with Crippen LogP contribution in [0, 0.1) is 0 Å². The molecule has 2 aromatic rings. The average molecular weight is 260 g/mol. The van der Waals surface area contributed by atoms with Crippen molar-refractivity contribution in [3.05, 3.63) is 30.4 Å². The molecule has 1 fully saturated rings. The van der Waals surface area contributed by atoms with E-state index in [2.05, 4.69) is 9.97 Å². The maximum atomic E-state index is 12.3. The second kappa shape index (κ2) is 4.34. The van der Waals surface area contributed by atoms with Gasteiger partial charge >= 0.3 is 5.97 Å². The smallest absolute Gasteiger partial charge is 0.326 e. The number of likely N-dealkylation sites (tertiary alicyclic amines) is 1. The number of hydrogen-bond acceptors (Lipinski definition) is 4. The third kappa shape index (κ3) is 1.92. The number of fused-ring (bicyclic) bond motifs is 1. The van der Waals surface area contributed by atoms with Crippen LogP contribution in [0.25, 0.3) is 5.78 Å². The van der Waals surface area contributed by atoms with Gasteiger partial charge in [-0.25, -0.2) is 14.8 Å². The number of carbonyl (C=O) groups excluding carboxylic acids is 1. The van der Waals surface area contributed by atoms with Crippen molar-refractivity contribution in [2.24, 2.45) is 0 Å². The fourth-order valence-corrected chi connectivity index (χ4v) is 2.35. The van der Waals surface area contributed by atoms with E-state index in [0.717, 1.165) is 0 Å². The zero-order valence-electron chi connectivity index (χ0n) is 10.1. The van der Waals surface area contributed by atoms with Gasteiger partial charge in [-0.3, -0.25) is 9.20 Å². The molecule has 1 atom stereocenters. The Morgan fingerprint density at radius 3 is 3.00 bits per heavy atom. The first-order chi connectivity index (χ1) is 9.16. The summed E-state index contributed by atoms with van der Waals surface area (Å²) in [6, 6.07) is 0.990. The average Bonchev–Trinajstić information content (AvgIpc) is 3.04. The van der Waals surface area contributed by atoms with Crippen molar-refractivity contribution >= 4 is 17.7 Å². The van der Waals surface area contributed by atoms with Crippen molar-refractivity contribution in [1.29, 1.82) is 0 Å². The van der Waals surface area contributed by atoms with Crippen LogP contribution in [0.3, 0.4) is 0 Å². The Morgan fingerprint density at radius 1 is 1.42 bits per heavy atom. The molecule has 0 bridgehead atoms. The fourth-order valence-electron chi connectivity index (χ4n) is 2.35. The first-order valence-corrected chi connectivity index (χ1v) is 6.00. The molecule has 2 aromatic heterocycles. The maximum Gasteiger partial charge on any atom is 0.326 e. The largest absolute Gasteiger partial charge is 0.480 e. The van der Waals surface area contributed by atoms with E-state index < -0.39 is 12.0 Å². The molecular weight excluding hydrogens is 248 g/mol. The molecule has 1 aliphatic heterocycles. The Kier molecular flexibility index (Phi) is 2.66. The monoisotopic (exact) mass is 260 g/mol. The van der Waals surface area contributed by atoms with Crippen molar-refractivity contribution in [1.82, 2.24) is 19.3 Å². The lowest BCUT2D eigenvalue weighted by atomic mass is 10.2. The number of rotatable bonds is 2. The highest BCUT2D eigenvalue weighted by atomic mass is 16.4. The predicted molar refractivity (Wildman–Crippen MR) is 64.7 cm³/mol. The van der Waals surface area contributed by atoms with Gasteiger partial charge in [-0.2, -0.15) is 0 Å². The van der Waals surface area contributed by atoms with Crippen molar-refractivity contribution in [2.45, 2.75) is 18.9 Å². The highest BCUT2D eigenvalue weighted by molar-refractivity contribution is 5.95. The summed E-state index contributed by atoms with van der Waals surface area (Å²) in [4.78, 5) is 32.9. The zero-order valence-corrected chi connectivity index (χ0v) is 10.1. The van der Waals surface area contributed by atoms with Crippen LogP contribution in [0.5, 0.6) is 0 Å². The highest BCUT2D eigenvalue weighted by Crippen LogP contribution is 2.20. The molecule has 0 aromatic carbocycles. The standard InChI is InChI=1S/C12H12N4O3/c17-10(16-6-1-3-9(16)11(18)19)8-7-15-5-2-4-13-12(15)14-8/h2,4-5,7,9H,1,3,6H2,(H,18,19). The van der Waals surface area contributed by atoms with Gasteiger partial charge in [0.05, 0.1) is 0 Å². The molecule has 0 radical (unpaired) electrons. The van der Waals surface area contributed by atoms with Crippen LogP contribution >= 0.6 is 0 Å². The lowest BCUT2D eigenvalue weighted by molar-refractivity contribution is -0.141. The number of carboxylic acid groups (broad SMARTS) is 1. The summed E-state index contributed by atoms with van der Waals surface area (Å²) in [6.45, 7) is 0.455. The SMILES string of the molecule is O=C(O)C1CCCN1C(=O)c1cn2cccnc2n1. The molecule has 1 aliphatic rings. The summed E-state index contributed by atoms with van der Waals surface area (Å²) in [6.07, 6.45) is 6.10. The lowest BCUT2D eigenvalue weighted by Crippen LogP contribution is -2.40. The number of amides is 1. The Morgan fingerprint density at radius 2 is 2.26 bits per heavy atom. The van der Waals surface area contributed by atoms with Gasteiger partial charge in [-0.15, -0.1) is 0 Å². The molecular formula is C12H12N4O3. The number of carbonyl (C=O) groups is 2. The number of imidazole rings is 1.